The van der Waals surface area contributed by atoms with Crippen LogP contribution < -0.4 is 5.32 Å². The quantitative estimate of drug-likeness (QED) is 0.723. The van der Waals surface area contributed by atoms with Crippen molar-refractivity contribution in [3.63, 3.8) is 0 Å². The third-order valence-corrected chi connectivity index (χ3v) is 2.60. The summed E-state index contributed by atoms with van der Waals surface area (Å²) in [5.74, 6) is 0.105. The van der Waals surface area contributed by atoms with E-state index in [1.165, 1.54) is 0 Å². The predicted molar refractivity (Wildman–Crippen MR) is 46.4 cm³/mol. The minimum absolute atomic E-state index is 0.105. The monoisotopic (exact) mass is 229 g/mol. The molecule has 64 valence electrons. The van der Waals surface area contributed by atoms with E-state index >= 15 is 0 Å². The van der Waals surface area contributed by atoms with Crippen molar-refractivity contribution in [2.24, 2.45) is 7.05 Å². The van der Waals surface area contributed by atoms with E-state index < -0.39 is 0 Å². The molecule has 12 heavy (non-hydrogen) atoms. The van der Waals surface area contributed by atoms with Gasteiger partial charge in [0.05, 0.1) is 28.8 Å². The van der Waals surface area contributed by atoms with Crippen LogP contribution >= 0.6 is 15.9 Å². The van der Waals surface area contributed by atoms with Crippen LogP contribution in [0, 0.1) is 0 Å². The third-order valence-electron chi connectivity index (χ3n) is 1.99. The molecule has 0 radical (unpaired) electrons. The van der Waals surface area contributed by atoms with E-state index in [9.17, 15) is 4.79 Å². The molecule has 5 heteroatoms. The van der Waals surface area contributed by atoms with E-state index in [1.807, 2.05) is 7.05 Å². The Bertz CT molecular complexity index is 306. The number of nitrogens with one attached hydrogen (secondary N) is 1. The number of nitrogens with zero attached hydrogens (tertiary/aromatic N) is 2. The Morgan fingerprint density at radius 2 is 2.50 bits per heavy atom. The maximum Gasteiger partial charge on any atom is 0.223 e. The van der Waals surface area contributed by atoms with Gasteiger partial charge in [0, 0.05) is 7.05 Å². The smallest absolute Gasteiger partial charge is 0.223 e. The molecule has 0 saturated carbocycles. The molecule has 1 atom stereocenters. The fourth-order valence-electron chi connectivity index (χ4n) is 1.34. The summed E-state index contributed by atoms with van der Waals surface area (Å²) in [6.45, 7) is 0. The number of aromatic nitrogens is 2. The van der Waals surface area contributed by atoms with Gasteiger partial charge < -0.3 is 5.32 Å². The van der Waals surface area contributed by atoms with E-state index in [0.717, 1.165) is 10.2 Å². The first-order valence-electron chi connectivity index (χ1n) is 3.65. The van der Waals surface area contributed by atoms with Gasteiger partial charge in [-0.2, -0.15) is 5.10 Å². The zero-order valence-electron chi connectivity index (χ0n) is 6.54. The number of hydrogen-bond donors (Lipinski definition) is 1. The van der Waals surface area contributed by atoms with Crippen LogP contribution in [-0.4, -0.2) is 15.7 Å². The average Bonchev–Trinajstić information content (AvgIpc) is 2.26. The highest BCUT2D eigenvalue weighted by Crippen LogP contribution is 2.29. The number of amides is 1. The van der Waals surface area contributed by atoms with Gasteiger partial charge in [0.25, 0.3) is 0 Å². The van der Waals surface area contributed by atoms with Crippen LogP contribution in [0.2, 0.25) is 0 Å². The number of rotatable bonds is 1. The third kappa shape index (κ3) is 1.04. The molecule has 0 aromatic carbocycles. The van der Waals surface area contributed by atoms with Crippen LogP contribution in [-0.2, 0) is 11.8 Å². The van der Waals surface area contributed by atoms with Crippen LogP contribution in [0.4, 0.5) is 0 Å². The van der Waals surface area contributed by atoms with Gasteiger partial charge in [-0.1, -0.05) is 0 Å². The zero-order chi connectivity index (χ0) is 8.72. The normalized spacial score (nSPS) is 21.8. The van der Waals surface area contributed by atoms with Gasteiger partial charge in [0.15, 0.2) is 0 Å². The number of β-lactam (4-membered cyclic amide) rings is 1. The topological polar surface area (TPSA) is 46.9 Å². The molecule has 0 aliphatic carbocycles. The van der Waals surface area contributed by atoms with Crippen molar-refractivity contribution in [3.05, 3.63) is 16.4 Å². The predicted octanol–water partition coefficient (Wildman–Crippen LogP) is 0.744. The number of hydrogen-bond acceptors (Lipinski definition) is 2. The second kappa shape index (κ2) is 2.58. The lowest BCUT2D eigenvalue weighted by atomic mass is 10.0. The number of carbonyl (C=O) groups excluding carboxylic acids is 1. The van der Waals surface area contributed by atoms with Crippen molar-refractivity contribution in [3.8, 4) is 0 Å². The van der Waals surface area contributed by atoms with E-state index in [-0.39, 0.29) is 11.9 Å². The average molecular weight is 230 g/mol. The molecule has 4 nitrogen and oxygen atoms in total. The van der Waals surface area contributed by atoms with Crippen LogP contribution in [0.15, 0.2) is 10.7 Å². The second-order valence-corrected chi connectivity index (χ2v) is 3.68. The van der Waals surface area contributed by atoms with Gasteiger partial charge in [-0.05, 0) is 15.9 Å². The minimum Gasteiger partial charge on any atom is -0.347 e. The van der Waals surface area contributed by atoms with Gasteiger partial charge in [-0.25, -0.2) is 0 Å². The van der Waals surface area contributed by atoms with E-state index in [2.05, 4.69) is 26.3 Å². The van der Waals surface area contributed by atoms with Crippen molar-refractivity contribution in [1.29, 1.82) is 0 Å². The first kappa shape index (κ1) is 7.79. The van der Waals surface area contributed by atoms with Crippen molar-refractivity contribution in [1.82, 2.24) is 15.1 Å². The molecule has 2 heterocycles. The van der Waals surface area contributed by atoms with E-state index in [4.69, 9.17) is 0 Å². The molecular formula is C7H8BrN3O. The van der Waals surface area contributed by atoms with Crippen molar-refractivity contribution < 1.29 is 4.79 Å². The summed E-state index contributed by atoms with van der Waals surface area (Å²) >= 11 is 3.38. The number of carbonyl (C=O) groups is 1. The summed E-state index contributed by atoms with van der Waals surface area (Å²) in [4.78, 5) is 10.7. The van der Waals surface area contributed by atoms with E-state index in [1.54, 1.807) is 10.9 Å². The van der Waals surface area contributed by atoms with Gasteiger partial charge >= 0.3 is 0 Å². The molecule has 1 aromatic heterocycles. The lowest BCUT2D eigenvalue weighted by Gasteiger charge is -2.27. The van der Waals surface area contributed by atoms with Gasteiger partial charge in [-0.3, -0.25) is 9.48 Å². The molecule has 1 amide bonds. The molecule has 1 saturated heterocycles. The fraction of sp³-hybridized carbons (Fsp3) is 0.429. The van der Waals surface area contributed by atoms with Gasteiger partial charge in [0.1, 0.15) is 0 Å². The molecule has 1 aromatic rings. The van der Waals surface area contributed by atoms with Gasteiger partial charge in [-0.15, -0.1) is 0 Å². The highest BCUT2D eigenvalue weighted by molar-refractivity contribution is 9.10. The Hall–Kier alpha value is -0.840. The Morgan fingerprint density at radius 1 is 1.83 bits per heavy atom. The van der Waals surface area contributed by atoms with Crippen LogP contribution in [0.1, 0.15) is 18.2 Å². The summed E-state index contributed by atoms with van der Waals surface area (Å²) in [5.41, 5.74) is 1.04. The molecule has 1 aliphatic rings. The number of halogens is 1. The second-order valence-electron chi connectivity index (χ2n) is 2.83. The maximum absolute atomic E-state index is 10.7. The number of aryl methyl sites for hydroxylation is 1. The zero-order valence-corrected chi connectivity index (χ0v) is 8.13. The van der Waals surface area contributed by atoms with Crippen molar-refractivity contribution >= 4 is 21.8 Å². The Balaban J connectivity index is 2.27. The summed E-state index contributed by atoms with van der Waals surface area (Å²) in [5, 5.41) is 6.86. The molecule has 1 aliphatic heterocycles. The lowest BCUT2D eigenvalue weighted by molar-refractivity contribution is -0.128. The largest absolute Gasteiger partial charge is 0.347 e. The van der Waals surface area contributed by atoms with Crippen LogP contribution in [0.5, 0.6) is 0 Å². The molecule has 1 N–H and O–H groups in total. The first-order chi connectivity index (χ1) is 5.68. The first-order valence-corrected chi connectivity index (χ1v) is 4.44. The van der Waals surface area contributed by atoms with Crippen LogP contribution in [0.3, 0.4) is 0 Å². The standard InChI is InChI=1S/C7H8BrN3O/c1-11-7(4(8)3-9-11)5-2-6(12)10-5/h3,5H,2H2,1H3,(H,10,12). The Morgan fingerprint density at radius 3 is 2.92 bits per heavy atom. The highest BCUT2D eigenvalue weighted by Gasteiger charge is 2.30. The maximum atomic E-state index is 10.7. The molecule has 2 rings (SSSR count). The van der Waals surface area contributed by atoms with E-state index in [0.29, 0.717) is 6.42 Å². The molecule has 0 bridgehead atoms. The van der Waals surface area contributed by atoms with Crippen molar-refractivity contribution in [2.45, 2.75) is 12.5 Å². The molecule has 1 fully saturated rings. The van der Waals surface area contributed by atoms with Crippen LogP contribution in [0.25, 0.3) is 0 Å². The Labute approximate surface area is 78.1 Å². The molecule has 0 spiro atoms. The Kier molecular flexibility index (Phi) is 1.68. The SMILES string of the molecule is Cn1ncc(Br)c1C1CC(=O)N1. The van der Waals surface area contributed by atoms with Gasteiger partial charge in [0.2, 0.25) is 5.91 Å². The minimum atomic E-state index is 0.105. The lowest BCUT2D eigenvalue weighted by Crippen LogP contribution is -2.42. The summed E-state index contributed by atoms with van der Waals surface area (Å²) in [7, 11) is 1.87. The molecular weight excluding hydrogens is 222 g/mol. The summed E-state index contributed by atoms with van der Waals surface area (Å²) < 4.78 is 2.73. The highest BCUT2D eigenvalue weighted by atomic mass is 79.9. The summed E-state index contributed by atoms with van der Waals surface area (Å²) in [6, 6.07) is 0.138. The fourth-order valence-corrected chi connectivity index (χ4v) is 1.96. The molecule has 1 unspecified atom stereocenters. The summed E-state index contributed by atoms with van der Waals surface area (Å²) in [6.07, 6.45) is 2.30. The van der Waals surface area contributed by atoms with Crippen molar-refractivity contribution in [2.75, 3.05) is 0 Å².